The van der Waals surface area contributed by atoms with E-state index < -0.39 is 18.9 Å². The van der Waals surface area contributed by atoms with Crippen molar-refractivity contribution in [3.05, 3.63) is 101 Å². The van der Waals surface area contributed by atoms with Crippen molar-refractivity contribution in [2.24, 2.45) is 0 Å². The first-order chi connectivity index (χ1) is 19.9. The van der Waals surface area contributed by atoms with Crippen LogP contribution in [0.2, 0.25) is 0 Å². The number of rotatable bonds is 8. The molecule has 0 spiro atoms. The van der Waals surface area contributed by atoms with Crippen molar-refractivity contribution in [1.29, 1.82) is 0 Å². The molecule has 2 aliphatic rings. The summed E-state index contributed by atoms with van der Waals surface area (Å²) < 4.78 is 59.8. The van der Waals surface area contributed by atoms with Crippen LogP contribution in [0.5, 0.6) is 5.75 Å². The molecular weight excluding hydrogens is 607 g/mol. The van der Waals surface area contributed by atoms with Crippen LogP contribution >= 0.6 is 24.8 Å². The number of halogens is 6. The first-order valence-electron chi connectivity index (χ1n) is 13.7. The van der Waals surface area contributed by atoms with Crippen LogP contribution < -0.4 is 4.74 Å². The second-order valence-corrected chi connectivity index (χ2v) is 10.6. The number of fused-ring (bicyclic) bond motifs is 1. The van der Waals surface area contributed by atoms with Gasteiger partial charge in [0.15, 0.2) is 0 Å². The first-order valence-corrected chi connectivity index (χ1v) is 13.7. The Morgan fingerprint density at radius 3 is 2.21 bits per heavy atom. The number of nitrogens with zero attached hydrogens (tertiary/aromatic N) is 6. The minimum Gasteiger partial charge on any atom is -0.463 e. The van der Waals surface area contributed by atoms with Gasteiger partial charge in [-0.05, 0) is 59.1 Å². The highest BCUT2D eigenvalue weighted by Crippen LogP contribution is 2.38. The summed E-state index contributed by atoms with van der Waals surface area (Å²) in [5, 5.41) is 9.95. The van der Waals surface area contributed by atoms with Crippen molar-refractivity contribution < 1.29 is 22.3 Å². The van der Waals surface area contributed by atoms with E-state index in [1.807, 2.05) is 12.1 Å². The molecule has 43 heavy (non-hydrogen) atoms. The van der Waals surface area contributed by atoms with Gasteiger partial charge in [-0.1, -0.05) is 60.7 Å². The molecule has 2 aliphatic heterocycles. The third kappa shape index (κ3) is 6.95. The van der Waals surface area contributed by atoms with Gasteiger partial charge in [0, 0.05) is 43.2 Å². The molecule has 13 heteroatoms. The minimum atomic E-state index is -4.73. The minimum absolute atomic E-state index is 0. The molecule has 3 aromatic carbocycles. The lowest BCUT2D eigenvalue weighted by Crippen LogP contribution is -2.57. The molecule has 230 valence electrons. The Morgan fingerprint density at radius 2 is 1.58 bits per heavy atom. The Bertz CT molecular complexity index is 1420. The van der Waals surface area contributed by atoms with Gasteiger partial charge < -0.3 is 4.74 Å². The Hall–Kier alpha value is -3.25. The van der Waals surface area contributed by atoms with Crippen LogP contribution in [-0.4, -0.2) is 68.6 Å². The molecule has 0 unspecified atom stereocenters. The molecule has 0 aliphatic carbocycles. The van der Waals surface area contributed by atoms with Crippen molar-refractivity contribution >= 4 is 24.8 Å². The van der Waals surface area contributed by atoms with Gasteiger partial charge in [0.05, 0.1) is 5.69 Å². The molecule has 0 amide bonds. The first kappa shape index (κ1) is 32.7. The highest BCUT2D eigenvalue weighted by molar-refractivity contribution is 5.85. The van der Waals surface area contributed by atoms with E-state index in [9.17, 15) is 17.6 Å². The number of piperazine rings is 1. The Morgan fingerprint density at radius 1 is 0.907 bits per heavy atom. The topological polar surface area (TPSA) is 59.3 Å². The van der Waals surface area contributed by atoms with Gasteiger partial charge in [-0.3, -0.25) is 9.80 Å². The van der Waals surface area contributed by atoms with Crippen LogP contribution in [0, 0.1) is 0 Å². The van der Waals surface area contributed by atoms with Gasteiger partial charge in [0.25, 0.3) is 5.82 Å². The highest BCUT2D eigenvalue weighted by Gasteiger charge is 2.42. The molecule has 4 aromatic rings. The predicted molar refractivity (Wildman–Crippen MR) is 159 cm³/mol. The number of alkyl halides is 4. The third-order valence-electron chi connectivity index (χ3n) is 8.08. The molecular formula is C30H32Cl2F4N6O. The van der Waals surface area contributed by atoms with Crippen LogP contribution in [0.3, 0.4) is 0 Å². The van der Waals surface area contributed by atoms with Crippen molar-refractivity contribution in [2.45, 2.75) is 43.6 Å². The molecule has 3 heterocycles. The third-order valence-corrected chi connectivity index (χ3v) is 8.08. The highest BCUT2D eigenvalue weighted by atomic mass is 35.5. The summed E-state index contributed by atoms with van der Waals surface area (Å²) in [6.07, 6.45) is -2.55. The lowest BCUT2D eigenvalue weighted by atomic mass is 9.82. The van der Waals surface area contributed by atoms with Crippen molar-refractivity contribution in [2.75, 3.05) is 26.5 Å². The van der Waals surface area contributed by atoms with Crippen LogP contribution in [0.25, 0.3) is 5.69 Å². The van der Waals surface area contributed by atoms with Crippen LogP contribution in [0.15, 0.2) is 78.9 Å². The normalized spacial score (nSPS) is 19.0. The molecule has 2 fully saturated rings. The maximum atomic E-state index is 13.5. The summed E-state index contributed by atoms with van der Waals surface area (Å²) in [4.78, 5) is 4.93. The maximum absolute atomic E-state index is 13.5. The Labute approximate surface area is 259 Å². The van der Waals surface area contributed by atoms with Crippen molar-refractivity contribution in [3.8, 4) is 11.4 Å². The van der Waals surface area contributed by atoms with Crippen molar-refractivity contribution in [1.82, 2.24) is 30.0 Å². The van der Waals surface area contributed by atoms with Crippen LogP contribution in [0.4, 0.5) is 17.6 Å². The molecule has 6 rings (SSSR count). The fourth-order valence-corrected chi connectivity index (χ4v) is 6.42. The number of aromatic nitrogens is 4. The smallest absolute Gasteiger partial charge is 0.453 e. The second-order valence-electron chi connectivity index (χ2n) is 10.6. The number of benzene rings is 3. The maximum Gasteiger partial charge on any atom is 0.453 e. The average molecular weight is 640 g/mol. The summed E-state index contributed by atoms with van der Waals surface area (Å²) in [6, 6.07) is 25.9. The van der Waals surface area contributed by atoms with Gasteiger partial charge in [-0.2, -0.15) is 17.9 Å². The summed E-state index contributed by atoms with van der Waals surface area (Å²) in [5.41, 5.74) is 3.17. The molecule has 0 bridgehead atoms. The SMILES string of the molecule is Cl.Cl.FCOc1ccc(-n2nnnc2C(F)(F)F)cc1CN1C[C@@H]2CCCN2[C@H](C(c2ccccc2)c2ccccc2)C1. The Kier molecular flexibility index (Phi) is 10.7. The lowest BCUT2D eigenvalue weighted by Gasteiger charge is -2.47. The number of hydrogen-bond donors (Lipinski definition) is 0. The van der Waals surface area contributed by atoms with E-state index >= 15 is 0 Å². The zero-order valence-corrected chi connectivity index (χ0v) is 24.7. The second kappa shape index (κ2) is 14.0. The van der Waals surface area contributed by atoms with E-state index in [-0.39, 0.29) is 48.2 Å². The zero-order chi connectivity index (χ0) is 28.4. The number of tetrazole rings is 1. The molecule has 0 saturated carbocycles. The van der Waals surface area contributed by atoms with Crippen LogP contribution in [0.1, 0.15) is 41.3 Å². The number of hydrogen-bond acceptors (Lipinski definition) is 6. The summed E-state index contributed by atoms with van der Waals surface area (Å²) in [7, 11) is 0. The summed E-state index contributed by atoms with van der Waals surface area (Å²) >= 11 is 0. The van der Waals surface area contributed by atoms with E-state index in [2.05, 4.69) is 73.9 Å². The van der Waals surface area contributed by atoms with Gasteiger partial charge in [0.2, 0.25) is 6.86 Å². The quantitative estimate of drug-likeness (QED) is 0.211. The lowest BCUT2D eigenvalue weighted by molar-refractivity contribution is -0.146. The van der Waals surface area contributed by atoms with Gasteiger partial charge in [-0.25, -0.2) is 4.39 Å². The average Bonchev–Trinajstić information content (AvgIpc) is 3.66. The number of ether oxygens (including phenoxy) is 1. The fourth-order valence-electron chi connectivity index (χ4n) is 6.42. The van der Waals surface area contributed by atoms with Crippen LogP contribution in [-0.2, 0) is 12.7 Å². The molecule has 0 N–H and O–H groups in total. The zero-order valence-electron chi connectivity index (χ0n) is 23.1. The standard InChI is InChI=1S/C30H30F4N6O.2ClH/c31-20-41-27-14-13-24(40-29(30(32,33)34)35-36-37-40)16-23(27)17-38-18-25-12-7-15-39(25)26(19-38)28(21-8-3-1-4-9-21)22-10-5-2-6-11-22;;/h1-6,8-11,13-14,16,25-26,28H,7,12,15,17-20H2;2*1H/t25-,26-;;/m0../s1. The molecule has 7 nitrogen and oxygen atoms in total. The van der Waals surface area contributed by atoms with E-state index in [1.165, 1.54) is 23.3 Å². The Balaban J connectivity index is 0.00000212. The monoisotopic (exact) mass is 638 g/mol. The van der Waals surface area contributed by atoms with Gasteiger partial charge in [0.1, 0.15) is 5.75 Å². The summed E-state index contributed by atoms with van der Waals surface area (Å²) in [5.74, 6) is -0.814. The van der Waals surface area contributed by atoms with E-state index in [1.54, 1.807) is 6.07 Å². The summed E-state index contributed by atoms with van der Waals surface area (Å²) in [6.45, 7) is 1.87. The van der Waals surface area contributed by atoms with E-state index in [0.29, 0.717) is 22.8 Å². The van der Waals surface area contributed by atoms with E-state index in [0.717, 1.165) is 32.5 Å². The predicted octanol–water partition coefficient (Wildman–Crippen LogP) is 6.31. The van der Waals surface area contributed by atoms with Gasteiger partial charge >= 0.3 is 6.18 Å². The largest absolute Gasteiger partial charge is 0.463 e. The van der Waals surface area contributed by atoms with Crippen molar-refractivity contribution in [3.63, 3.8) is 0 Å². The fraction of sp³-hybridized carbons (Fsp3) is 0.367. The molecule has 1 aromatic heterocycles. The van der Waals surface area contributed by atoms with E-state index in [4.69, 9.17) is 4.74 Å². The van der Waals surface area contributed by atoms with Gasteiger partial charge in [-0.15, -0.1) is 29.9 Å². The molecule has 0 radical (unpaired) electrons. The molecule has 2 saturated heterocycles. The molecule has 2 atom stereocenters.